The molecule has 0 bridgehead atoms. The zero-order valence-electron chi connectivity index (χ0n) is 14.4. The Labute approximate surface area is 153 Å². The lowest BCUT2D eigenvalue weighted by molar-refractivity contribution is 0.112. The number of halogens is 3. The third-order valence-electron chi connectivity index (χ3n) is 4.02. The van der Waals surface area contributed by atoms with Crippen LogP contribution in [0.3, 0.4) is 0 Å². The quantitative estimate of drug-likeness (QED) is 0.647. The molecule has 0 radical (unpaired) electrons. The summed E-state index contributed by atoms with van der Waals surface area (Å²) in [5.41, 5.74) is 6.02. The maximum absolute atomic E-state index is 14.6. The van der Waals surface area contributed by atoms with E-state index < -0.39 is 23.1 Å². The van der Waals surface area contributed by atoms with E-state index in [0.717, 1.165) is 0 Å². The van der Waals surface area contributed by atoms with Gasteiger partial charge in [0.2, 0.25) is 0 Å². The van der Waals surface area contributed by atoms with Gasteiger partial charge in [-0.15, -0.1) is 0 Å². The minimum Gasteiger partial charge on any atom is -0.384 e. The zero-order chi connectivity index (χ0) is 19.6. The number of anilines is 3. The second kappa shape index (κ2) is 7.49. The van der Waals surface area contributed by atoms with E-state index >= 15 is 0 Å². The molecule has 0 spiro atoms. The Morgan fingerprint density at radius 1 is 1.11 bits per heavy atom. The van der Waals surface area contributed by atoms with Crippen molar-refractivity contribution < 1.29 is 18.0 Å². The summed E-state index contributed by atoms with van der Waals surface area (Å²) < 4.78 is 43.2. The van der Waals surface area contributed by atoms with Crippen LogP contribution in [0.25, 0.3) is 0 Å². The van der Waals surface area contributed by atoms with Crippen LogP contribution in [0.1, 0.15) is 27.2 Å². The molecule has 0 aliphatic carbocycles. The number of nitrogens with zero attached hydrogens (tertiary/aromatic N) is 1. The first kappa shape index (κ1) is 18.4. The molecule has 0 fully saturated rings. The minimum atomic E-state index is -1.27. The molecule has 7 heteroatoms. The molecule has 2 aromatic carbocycles. The highest BCUT2D eigenvalue weighted by atomic mass is 19.2. The molecule has 27 heavy (non-hydrogen) atoms. The molecule has 4 nitrogen and oxygen atoms in total. The number of aromatic nitrogens is 1. The van der Waals surface area contributed by atoms with Gasteiger partial charge >= 0.3 is 0 Å². The van der Waals surface area contributed by atoms with Crippen molar-refractivity contribution in [2.24, 2.45) is 0 Å². The fourth-order valence-electron chi connectivity index (χ4n) is 2.70. The van der Waals surface area contributed by atoms with Gasteiger partial charge in [-0.1, -0.05) is 12.1 Å². The van der Waals surface area contributed by atoms with Crippen LogP contribution in [0.15, 0.2) is 42.5 Å². The Morgan fingerprint density at radius 2 is 1.89 bits per heavy atom. The van der Waals surface area contributed by atoms with Gasteiger partial charge in [-0.05, 0) is 48.4 Å². The summed E-state index contributed by atoms with van der Waals surface area (Å²) in [6.45, 7) is 1.70. The number of pyridine rings is 1. The first-order valence-corrected chi connectivity index (χ1v) is 8.09. The van der Waals surface area contributed by atoms with Crippen molar-refractivity contribution in [2.75, 3.05) is 11.1 Å². The number of nitrogens with two attached hydrogens (primary N) is 1. The van der Waals surface area contributed by atoms with Gasteiger partial charge in [0, 0.05) is 17.7 Å². The Bertz CT molecular complexity index is 1020. The zero-order valence-corrected chi connectivity index (χ0v) is 14.4. The summed E-state index contributed by atoms with van der Waals surface area (Å²) in [7, 11) is 0. The van der Waals surface area contributed by atoms with Gasteiger partial charge in [-0.3, -0.25) is 4.79 Å². The van der Waals surface area contributed by atoms with Crippen LogP contribution in [-0.4, -0.2) is 11.3 Å². The molecule has 0 aliphatic heterocycles. The molecule has 0 aliphatic rings. The second-order valence-corrected chi connectivity index (χ2v) is 6.08. The van der Waals surface area contributed by atoms with Crippen LogP contribution in [-0.2, 0) is 6.42 Å². The topological polar surface area (TPSA) is 68.0 Å². The normalized spacial score (nSPS) is 10.7. The molecule has 0 amide bonds. The van der Waals surface area contributed by atoms with Crippen molar-refractivity contribution in [1.82, 2.24) is 4.98 Å². The number of hydrogen-bond acceptors (Lipinski definition) is 4. The number of carbonyl (C=O) groups excluding carboxylic acids is 1. The molecule has 3 rings (SSSR count). The van der Waals surface area contributed by atoms with Gasteiger partial charge in [-0.2, -0.15) is 0 Å². The Balaban J connectivity index is 2.01. The highest BCUT2D eigenvalue weighted by molar-refractivity contribution is 5.87. The van der Waals surface area contributed by atoms with Crippen molar-refractivity contribution >= 4 is 23.5 Å². The lowest BCUT2D eigenvalue weighted by Crippen LogP contribution is -2.07. The fourth-order valence-corrected chi connectivity index (χ4v) is 2.70. The Hall–Kier alpha value is -3.35. The molecule has 0 unspecified atom stereocenters. The molecular formula is C20H16F3N3O. The number of nitrogen functional groups attached to an aromatic ring is 1. The largest absolute Gasteiger partial charge is 0.384 e. The van der Waals surface area contributed by atoms with Gasteiger partial charge < -0.3 is 11.1 Å². The van der Waals surface area contributed by atoms with E-state index in [0.29, 0.717) is 17.5 Å². The number of hydrogen-bond donors (Lipinski definition) is 2. The smallest absolute Gasteiger partial charge is 0.183 e. The van der Waals surface area contributed by atoms with Crippen LogP contribution in [0.5, 0.6) is 0 Å². The molecule has 1 aromatic heterocycles. The van der Waals surface area contributed by atoms with Crippen molar-refractivity contribution in [2.45, 2.75) is 13.3 Å². The second-order valence-electron chi connectivity index (χ2n) is 6.08. The number of aryl methyl sites for hydroxylation is 1. The predicted octanol–water partition coefficient (Wildman–Crippen LogP) is 4.54. The van der Waals surface area contributed by atoms with E-state index in [4.69, 9.17) is 5.73 Å². The molecule has 0 saturated carbocycles. The summed E-state index contributed by atoms with van der Waals surface area (Å²) in [4.78, 5) is 15.5. The third kappa shape index (κ3) is 3.92. The lowest BCUT2D eigenvalue weighted by atomic mass is 10.0. The summed E-state index contributed by atoms with van der Waals surface area (Å²) in [5, 5.41) is 2.47. The van der Waals surface area contributed by atoms with E-state index in [9.17, 15) is 18.0 Å². The summed E-state index contributed by atoms with van der Waals surface area (Å²) in [5.74, 6) is -2.80. The monoisotopic (exact) mass is 371 g/mol. The van der Waals surface area contributed by atoms with Crippen molar-refractivity contribution in [3.63, 3.8) is 0 Å². The maximum atomic E-state index is 14.6. The summed E-state index contributed by atoms with van der Waals surface area (Å²) in [6.07, 6.45) is 0.334. The van der Waals surface area contributed by atoms with Gasteiger partial charge in [0.15, 0.2) is 17.9 Å². The number of rotatable bonds is 5. The van der Waals surface area contributed by atoms with Crippen LogP contribution in [0.4, 0.5) is 30.4 Å². The number of nitrogens with one attached hydrogen (secondary N) is 1. The van der Waals surface area contributed by atoms with Crippen LogP contribution >= 0.6 is 0 Å². The van der Waals surface area contributed by atoms with E-state index in [1.807, 2.05) is 0 Å². The average molecular weight is 371 g/mol. The molecular weight excluding hydrogens is 355 g/mol. The standard InChI is InChI=1S/C20H16F3N3O/c1-11-5-6-16(15(21)7-11)26-20-13(10-27)8-12(18(22)19(20)23)9-14-3-2-4-17(24)25-14/h2-8,10,26H,9H2,1H3,(H2,24,25). The van der Waals surface area contributed by atoms with E-state index in [1.54, 1.807) is 31.2 Å². The highest BCUT2D eigenvalue weighted by Crippen LogP contribution is 2.30. The first-order valence-electron chi connectivity index (χ1n) is 8.09. The van der Waals surface area contributed by atoms with Crippen molar-refractivity contribution in [1.29, 1.82) is 0 Å². The van der Waals surface area contributed by atoms with E-state index in [2.05, 4.69) is 10.3 Å². The molecule has 1 heterocycles. The van der Waals surface area contributed by atoms with Gasteiger partial charge in [0.25, 0.3) is 0 Å². The lowest BCUT2D eigenvalue weighted by Gasteiger charge is -2.14. The number of carbonyl (C=O) groups is 1. The van der Waals surface area contributed by atoms with E-state index in [-0.39, 0.29) is 29.1 Å². The molecule has 0 saturated heterocycles. The third-order valence-corrected chi connectivity index (χ3v) is 4.02. The van der Waals surface area contributed by atoms with Crippen LogP contribution in [0.2, 0.25) is 0 Å². The van der Waals surface area contributed by atoms with Crippen molar-refractivity contribution in [3.05, 3.63) is 82.3 Å². The van der Waals surface area contributed by atoms with Crippen LogP contribution < -0.4 is 11.1 Å². The summed E-state index contributed by atoms with van der Waals surface area (Å²) in [6, 6.07) is 10.3. The molecule has 138 valence electrons. The minimum absolute atomic E-state index is 0.0478. The Kier molecular flexibility index (Phi) is 5.12. The van der Waals surface area contributed by atoms with Gasteiger partial charge in [0.05, 0.1) is 11.4 Å². The van der Waals surface area contributed by atoms with Crippen molar-refractivity contribution in [3.8, 4) is 0 Å². The summed E-state index contributed by atoms with van der Waals surface area (Å²) >= 11 is 0. The maximum Gasteiger partial charge on any atom is 0.183 e. The predicted molar refractivity (Wildman–Crippen MR) is 97.6 cm³/mol. The van der Waals surface area contributed by atoms with Gasteiger partial charge in [0.1, 0.15) is 11.6 Å². The SMILES string of the molecule is Cc1ccc(Nc2c(C=O)cc(Cc3cccc(N)n3)c(F)c2F)c(F)c1. The Morgan fingerprint density at radius 3 is 2.56 bits per heavy atom. The van der Waals surface area contributed by atoms with E-state index in [1.165, 1.54) is 18.2 Å². The van der Waals surface area contributed by atoms with Crippen LogP contribution in [0, 0.1) is 24.4 Å². The fraction of sp³-hybridized carbons (Fsp3) is 0.100. The average Bonchev–Trinajstić information content (AvgIpc) is 2.63. The highest BCUT2D eigenvalue weighted by Gasteiger charge is 2.20. The number of aldehydes is 1. The molecule has 0 atom stereocenters. The molecule has 3 aromatic rings. The molecule has 3 N–H and O–H groups in total. The number of benzene rings is 2. The van der Waals surface area contributed by atoms with Gasteiger partial charge in [-0.25, -0.2) is 18.2 Å². The first-order chi connectivity index (χ1) is 12.9.